The van der Waals surface area contributed by atoms with Crippen LogP contribution in [0.3, 0.4) is 0 Å². The van der Waals surface area contributed by atoms with Gasteiger partial charge in [-0.3, -0.25) is 13.9 Å². The molecule has 1 saturated carbocycles. The van der Waals surface area contributed by atoms with Crippen LogP contribution in [0.4, 0.5) is 5.69 Å². The van der Waals surface area contributed by atoms with E-state index in [1.54, 1.807) is 48.5 Å². The number of carbonyl (C=O) groups excluding carboxylic acids is 2. The van der Waals surface area contributed by atoms with Crippen LogP contribution in [0.15, 0.2) is 113 Å². The Morgan fingerprint density at radius 1 is 0.872 bits per heavy atom. The Balaban J connectivity index is 1.55. The van der Waals surface area contributed by atoms with Crippen LogP contribution in [0, 0.1) is 6.92 Å². The van der Waals surface area contributed by atoms with E-state index in [1.807, 2.05) is 67.8 Å². The minimum Gasteiger partial charge on any atom is -0.352 e. The average molecular weight is 690 g/mol. The number of nitrogens with one attached hydrogen (secondary N) is 1. The Bertz CT molecular complexity index is 1740. The van der Waals surface area contributed by atoms with Crippen molar-refractivity contribution in [2.75, 3.05) is 17.1 Å². The Labute approximate surface area is 287 Å². The lowest BCUT2D eigenvalue weighted by Crippen LogP contribution is -2.54. The van der Waals surface area contributed by atoms with Crippen LogP contribution in [-0.4, -0.2) is 50.0 Å². The number of anilines is 1. The molecule has 1 aliphatic carbocycles. The molecule has 0 spiro atoms. The molecule has 0 saturated heterocycles. The predicted molar refractivity (Wildman–Crippen MR) is 190 cm³/mol. The van der Waals surface area contributed by atoms with Crippen LogP contribution >= 0.6 is 23.4 Å². The maximum absolute atomic E-state index is 14.6. The lowest BCUT2D eigenvalue weighted by molar-refractivity contribution is -0.140. The first-order chi connectivity index (χ1) is 22.6. The highest BCUT2D eigenvalue weighted by molar-refractivity contribution is 7.98. The van der Waals surface area contributed by atoms with Gasteiger partial charge in [-0.25, -0.2) is 8.42 Å². The van der Waals surface area contributed by atoms with E-state index in [4.69, 9.17) is 11.6 Å². The number of amides is 2. The van der Waals surface area contributed by atoms with E-state index in [1.165, 1.54) is 16.7 Å². The second-order valence-corrected chi connectivity index (χ2v) is 15.0. The highest BCUT2D eigenvalue weighted by atomic mass is 35.5. The van der Waals surface area contributed by atoms with Crippen LogP contribution in [0.25, 0.3) is 0 Å². The SMILES string of the molecule is CSc1ccc(S(=O)(=O)N(CC(=O)N(Cc2ccc(Cl)cc2)[C@H](Cc2ccccc2)C(=O)NC2CCCC2)c2ccc(C)cc2)cc1. The summed E-state index contributed by atoms with van der Waals surface area (Å²) in [7, 11) is -4.16. The van der Waals surface area contributed by atoms with Gasteiger partial charge >= 0.3 is 0 Å². The fraction of sp³-hybridized carbons (Fsp3) is 0.297. The summed E-state index contributed by atoms with van der Waals surface area (Å²) in [4.78, 5) is 31.3. The van der Waals surface area contributed by atoms with E-state index in [2.05, 4.69) is 5.32 Å². The first-order valence-electron chi connectivity index (χ1n) is 15.8. The second-order valence-electron chi connectivity index (χ2n) is 11.9. The highest BCUT2D eigenvalue weighted by Gasteiger charge is 2.35. The van der Waals surface area contributed by atoms with Crippen molar-refractivity contribution in [3.8, 4) is 0 Å². The average Bonchev–Trinajstić information content (AvgIpc) is 3.60. The van der Waals surface area contributed by atoms with E-state index in [-0.39, 0.29) is 29.8 Å². The third kappa shape index (κ3) is 8.97. The number of rotatable bonds is 13. The number of aryl methyl sites for hydroxylation is 1. The molecule has 47 heavy (non-hydrogen) atoms. The molecule has 0 radical (unpaired) electrons. The minimum atomic E-state index is -4.16. The van der Waals surface area contributed by atoms with Crippen molar-refractivity contribution in [2.24, 2.45) is 0 Å². The van der Waals surface area contributed by atoms with Gasteiger partial charge in [-0.15, -0.1) is 11.8 Å². The molecule has 0 aromatic heterocycles. The van der Waals surface area contributed by atoms with Gasteiger partial charge in [0.25, 0.3) is 10.0 Å². The van der Waals surface area contributed by atoms with Crippen molar-refractivity contribution in [3.05, 3.63) is 125 Å². The molecule has 0 heterocycles. The zero-order chi connectivity index (χ0) is 33.4. The van der Waals surface area contributed by atoms with Gasteiger partial charge in [0.05, 0.1) is 10.6 Å². The van der Waals surface area contributed by atoms with Crippen LogP contribution in [0.1, 0.15) is 42.4 Å². The fourth-order valence-electron chi connectivity index (χ4n) is 5.82. The van der Waals surface area contributed by atoms with Gasteiger partial charge in [0.2, 0.25) is 11.8 Å². The predicted octanol–water partition coefficient (Wildman–Crippen LogP) is 7.26. The number of carbonyl (C=O) groups is 2. The van der Waals surface area contributed by atoms with Crippen molar-refractivity contribution < 1.29 is 18.0 Å². The normalized spacial score (nSPS) is 14.0. The molecule has 246 valence electrons. The van der Waals surface area contributed by atoms with Crippen molar-refractivity contribution in [2.45, 2.75) is 67.4 Å². The number of sulfonamides is 1. The van der Waals surface area contributed by atoms with Crippen LogP contribution in [0.2, 0.25) is 5.02 Å². The molecule has 2 amide bonds. The second kappa shape index (κ2) is 15.9. The molecule has 1 aliphatic rings. The Morgan fingerprint density at radius 3 is 2.13 bits per heavy atom. The van der Waals surface area contributed by atoms with Crippen LogP contribution in [0.5, 0.6) is 0 Å². The molecule has 0 aliphatic heterocycles. The van der Waals surface area contributed by atoms with Crippen molar-refractivity contribution in [1.82, 2.24) is 10.2 Å². The molecule has 5 rings (SSSR count). The summed E-state index contributed by atoms with van der Waals surface area (Å²) < 4.78 is 29.6. The Kier molecular flexibility index (Phi) is 11.7. The zero-order valence-electron chi connectivity index (χ0n) is 26.6. The Hall–Kier alpha value is -3.79. The van der Waals surface area contributed by atoms with Crippen LogP contribution in [-0.2, 0) is 32.6 Å². The first kappa shape index (κ1) is 34.5. The molecule has 1 N–H and O–H groups in total. The van der Waals surface area contributed by atoms with E-state index in [0.29, 0.717) is 10.7 Å². The summed E-state index contributed by atoms with van der Waals surface area (Å²) in [5, 5.41) is 3.75. The van der Waals surface area contributed by atoms with Gasteiger partial charge in [0.1, 0.15) is 12.6 Å². The molecule has 4 aromatic carbocycles. The number of nitrogens with zero attached hydrogens (tertiary/aromatic N) is 2. The standard InChI is InChI=1S/C37H40ClN3O4S2/c1-27-12-18-32(19-13-27)41(47(44,45)34-22-20-33(46-2)21-23-34)26-36(42)40(25-29-14-16-30(38)17-15-29)35(24-28-8-4-3-5-9-28)37(43)39-31-10-6-7-11-31/h3-5,8-9,12-23,31,35H,6-7,10-11,24-26H2,1-2H3,(H,39,43)/t35-/m1/s1. The topological polar surface area (TPSA) is 86.8 Å². The molecule has 0 unspecified atom stereocenters. The lowest BCUT2D eigenvalue weighted by atomic mass is 10.0. The molecular weight excluding hydrogens is 650 g/mol. The maximum Gasteiger partial charge on any atom is 0.264 e. The largest absolute Gasteiger partial charge is 0.352 e. The summed E-state index contributed by atoms with van der Waals surface area (Å²) >= 11 is 7.70. The number of benzene rings is 4. The summed E-state index contributed by atoms with van der Waals surface area (Å²) in [6, 6.07) is 29.5. The third-order valence-corrected chi connectivity index (χ3v) is 11.3. The van der Waals surface area contributed by atoms with Crippen LogP contribution < -0.4 is 9.62 Å². The Morgan fingerprint density at radius 2 is 1.51 bits per heavy atom. The molecule has 10 heteroatoms. The van der Waals surface area contributed by atoms with Crippen molar-refractivity contribution in [3.63, 3.8) is 0 Å². The number of halogens is 1. The maximum atomic E-state index is 14.6. The van der Waals surface area contributed by atoms with Gasteiger partial charge < -0.3 is 10.2 Å². The molecule has 7 nitrogen and oxygen atoms in total. The molecule has 4 aromatic rings. The van der Waals surface area contributed by atoms with Gasteiger partial charge in [-0.2, -0.15) is 0 Å². The number of hydrogen-bond donors (Lipinski definition) is 1. The van der Waals surface area contributed by atoms with Crippen molar-refractivity contribution >= 4 is 50.9 Å². The summed E-state index contributed by atoms with van der Waals surface area (Å²) in [5.41, 5.74) is 2.98. The zero-order valence-corrected chi connectivity index (χ0v) is 29.0. The van der Waals surface area contributed by atoms with E-state index in [9.17, 15) is 18.0 Å². The molecule has 0 bridgehead atoms. The minimum absolute atomic E-state index is 0.0435. The molecule has 1 fully saturated rings. The monoisotopic (exact) mass is 689 g/mol. The quantitative estimate of drug-likeness (QED) is 0.149. The van der Waals surface area contributed by atoms with E-state index < -0.39 is 28.5 Å². The van der Waals surface area contributed by atoms with Gasteiger partial charge in [-0.1, -0.05) is 84.6 Å². The molecule has 1 atom stereocenters. The lowest BCUT2D eigenvalue weighted by Gasteiger charge is -2.34. The highest BCUT2D eigenvalue weighted by Crippen LogP contribution is 2.27. The summed E-state index contributed by atoms with van der Waals surface area (Å²) in [6.45, 7) is 1.51. The van der Waals surface area contributed by atoms with Gasteiger partial charge in [-0.05, 0) is 85.7 Å². The fourth-order valence-corrected chi connectivity index (χ4v) is 7.77. The first-order valence-corrected chi connectivity index (χ1v) is 18.8. The van der Waals surface area contributed by atoms with Gasteiger partial charge in [0, 0.05) is 28.9 Å². The smallest absolute Gasteiger partial charge is 0.264 e. The third-order valence-electron chi connectivity index (χ3n) is 8.49. The summed E-state index contributed by atoms with van der Waals surface area (Å²) in [5.74, 6) is -0.743. The van der Waals surface area contributed by atoms with Crippen molar-refractivity contribution in [1.29, 1.82) is 0 Å². The van der Waals surface area contributed by atoms with E-state index >= 15 is 0 Å². The number of hydrogen-bond acceptors (Lipinski definition) is 5. The van der Waals surface area contributed by atoms with E-state index in [0.717, 1.165) is 51.6 Å². The summed E-state index contributed by atoms with van der Waals surface area (Å²) in [6.07, 6.45) is 6.07. The van der Waals surface area contributed by atoms with Gasteiger partial charge in [0.15, 0.2) is 0 Å². The number of thioether (sulfide) groups is 1. The molecular formula is C37H40ClN3O4S2.